The average Bonchev–Trinajstić information content (AvgIpc) is 2.41. The van der Waals surface area contributed by atoms with Crippen LogP contribution in [0, 0.1) is 0 Å². The van der Waals surface area contributed by atoms with Crippen LogP contribution in [0.2, 0.25) is 0 Å². The van der Waals surface area contributed by atoms with E-state index in [1.165, 1.54) is 5.56 Å². The number of halogens is 1. The Labute approximate surface area is 122 Å². The number of nitrogens with one attached hydrogen (secondary N) is 1. The second-order valence-corrected chi connectivity index (χ2v) is 5.03. The molecule has 1 aromatic heterocycles. The highest BCUT2D eigenvalue weighted by Gasteiger charge is 2.11. The van der Waals surface area contributed by atoms with Gasteiger partial charge in [-0.05, 0) is 37.6 Å². The van der Waals surface area contributed by atoms with E-state index in [0.29, 0.717) is 12.5 Å². The summed E-state index contributed by atoms with van der Waals surface area (Å²) in [4.78, 5) is 4.24. The molecule has 100 valence electrons. The number of benzene rings is 1. The van der Waals surface area contributed by atoms with Gasteiger partial charge >= 0.3 is 0 Å². The van der Waals surface area contributed by atoms with Crippen molar-refractivity contribution in [2.75, 3.05) is 11.9 Å². The summed E-state index contributed by atoms with van der Waals surface area (Å²) in [5.41, 5.74) is 2.11. The van der Waals surface area contributed by atoms with E-state index in [0.717, 1.165) is 10.2 Å². The number of rotatable bonds is 5. The first-order valence-corrected chi connectivity index (χ1v) is 7.10. The van der Waals surface area contributed by atoms with Gasteiger partial charge in [0.15, 0.2) is 0 Å². The van der Waals surface area contributed by atoms with E-state index in [1.54, 1.807) is 6.20 Å². The van der Waals surface area contributed by atoms with E-state index in [4.69, 9.17) is 4.74 Å². The summed E-state index contributed by atoms with van der Waals surface area (Å²) < 4.78 is 6.61. The maximum Gasteiger partial charge on any atom is 0.237 e. The lowest BCUT2D eigenvalue weighted by molar-refractivity contribution is 0.328. The van der Waals surface area contributed by atoms with Gasteiger partial charge in [0, 0.05) is 16.7 Å². The molecule has 0 fully saturated rings. The Morgan fingerprint density at radius 1 is 1.26 bits per heavy atom. The molecule has 0 radical (unpaired) electrons. The zero-order chi connectivity index (χ0) is 13.7. The highest BCUT2D eigenvalue weighted by atomic mass is 79.9. The number of nitrogens with zero attached hydrogens (tertiary/aromatic N) is 1. The van der Waals surface area contributed by atoms with Crippen LogP contribution in [0.5, 0.6) is 5.88 Å². The molecule has 1 atom stereocenters. The third-order valence-corrected chi connectivity index (χ3v) is 3.52. The maximum absolute atomic E-state index is 5.52. The van der Waals surface area contributed by atoms with Crippen molar-refractivity contribution in [3.05, 3.63) is 52.6 Å². The molecule has 0 bridgehead atoms. The number of ether oxygens (including phenoxy) is 1. The summed E-state index contributed by atoms with van der Waals surface area (Å²) >= 11 is 3.57. The molecule has 0 spiro atoms. The Hall–Kier alpha value is -1.55. The van der Waals surface area contributed by atoms with Crippen molar-refractivity contribution in [3.8, 4) is 5.88 Å². The van der Waals surface area contributed by atoms with E-state index < -0.39 is 0 Å². The van der Waals surface area contributed by atoms with Gasteiger partial charge in [0.1, 0.15) is 0 Å². The van der Waals surface area contributed by atoms with Gasteiger partial charge in [0.25, 0.3) is 0 Å². The largest absolute Gasteiger partial charge is 0.476 e. The van der Waals surface area contributed by atoms with Gasteiger partial charge < -0.3 is 10.1 Å². The van der Waals surface area contributed by atoms with Gasteiger partial charge in [-0.15, -0.1) is 0 Å². The zero-order valence-corrected chi connectivity index (χ0v) is 12.6. The second kappa shape index (κ2) is 6.57. The predicted octanol–water partition coefficient (Wildman–Crippen LogP) is 4.42. The Morgan fingerprint density at radius 3 is 2.79 bits per heavy atom. The van der Waals surface area contributed by atoms with Gasteiger partial charge in [-0.25, -0.2) is 4.98 Å². The second-order valence-electron chi connectivity index (χ2n) is 4.18. The van der Waals surface area contributed by atoms with Crippen LogP contribution in [0.1, 0.15) is 25.5 Å². The molecule has 2 aromatic rings. The highest BCUT2D eigenvalue weighted by Crippen LogP contribution is 2.29. The van der Waals surface area contributed by atoms with Crippen LogP contribution in [0.4, 0.5) is 5.69 Å². The first kappa shape index (κ1) is 13.9. The maximum atomic E-state index is 5.52. The minimum atomic E-state index is 0.166. The predicted molar refractivity (Wildman–Crippen MR) is 81.6 cm³/mol. The number of anilines is 1. The molecule has 0 aliphatic carbocycles. The first-order chi connectivity index (χ1) is 9.22. The minimum absolute atomic E-state index is 0.166. The summed E-state index contributed by atoms with van der Waals surface area (Å²) in [7, 11) is 0. The van der Waals surface area contributed by atoms with Crippen molar-refractivity contribution in [1.29, 1.82) is 0 Å². The molecule has 1 unspecified atom stereocenters. The van der Waals surface area contributed by atoms with Crippen molar-refractivity contribution >= 4 is 21.6 Å². The summed E-state index contributed by atoms with van der Waals surface area (Å²) in [6, 6.07) is 12.2. The normalized spacial score (nSPS) is 11.9. The number of hydrogen-bond donors (Lipinski definition) is 1. The Kier molecular flexibility index (Phi) is 4.80. The van der Waals surface area contributed by atoms with E-state index in [-0.39, 0.29) is 6.04 Å². The van der Waals surface area contributed by atoms with Crippen molar-refractivity contribution in [2.24, 2.45) is 0 Å². The lowest BCUT2D eigenvalue weighted by Gasteiger charge is -2.18. The fraction of sp³-hybridized carbons (Fsp3) is 0.267. The van der Waals surface area contributed by atoms with Gasteiger partial charge in [-0.1, -0.05) is 34.1 Å². The van der Waals surface area contributed by atoms with Crippen LogP contribution in [0.3, 0.4) is 0 Å². The van der Waals surface area contributed by atoms with Crippen LogP contribution in [0.25, 0.3) is 0 Å². The third-order valence-electron chi connectivity index (χ3n) is 2.80. The summed E-state index contributed by atoms with van der Waals surface area (Å²) in [6.45, 7) is 4.67. The van der Waals surface area contributed by atoms with Crippen LogP contribution >= 0.6 is 15.9 Å². The quantitative estimate of drug-likeness (QED) is 0.885. The summed E-state index contributed by atoms with van der Waals surface area (Å²) in [5, 5.41) is 3.43. The summed E-state index contributed by atoms with van der Waals surface area (Å²) in [5.74, 6) is 0.643. The van der Waals surface area contributed by atoms with Crippen LogP contribution < -0.4 is 10.1 Å². The first-order valence-electron chi connectivity index (χ1n) is 6.31. The standard InChI is InChI=1S/C15H17BrN2O/c1-3-19-15-14(9-6-10-17-15)18-11(2)12-7-4-5-8-13(12)16/h4-11,18H,3H2,1-2H3. The van der Waals surface area contributed by atoms with E-state index in [9.17, 15) is 0 Å². The molecule has 2 rings (SSSR count). The van der Waals surface area contributed by atoms with E-state index in [2.05, 4.69) is 39.2 Å². The third kappa shape index (κ3) is 3.47. The Balaban J connectivity index is 2.19. The Bertz CT molecular complexity index is 545. The van der Waals surface area contributed by atoms with Gasteiger partial charge in [-0.3, -0.25) is 0 Å². The zero-order valence-electron chi connectivity index (χ0n) is 11.1. The highest BCUT2D eigenvalue weighted by molar-refractivity contribution is 9.10. The fourth-order valence-electron chi connectivity index (χ4n) is 1.89. The SMILES string of the molecule is CCOc1ncccc1NC(C)c1ccccc1Br. The number of hydrogen-bond acceptors (Lipinski definition) is 3. The molecule has 0 aliphatic rings. The smallest absolute Gasteiger partial charge is 0.237 e. The van der Waals surface area contributed by atoms with E-state index in [1.807, 2.05) is 37.3 Å². The van der Waals surface area contributed by atoms with Crippen molar-refractivity contribution in [2.45, 2.75) is 19.9 Å². The molecule has 0 amide bonds. The van der Waals surface area contributed by atoms with Crippen molar-refractivity contribution < 1.29 is 4.74 Å². The van der Waals surface area contributed by atoms with Gasteiger partial charge in [-0.2, -0.15) is 0 Å². The van der Waals surface area contributed by atoms with Gasteiger partial charge in [0.05, 0.1) is 12.3 Å². The molecular weight excluding hydrogens is 304 g/mol. The molecule has 3 nitrogen and oxygen atoms in total. The molecule has 0 aliphatic heterocycles. The monoisotopic (exact) mass is 320 g/mol. The average molecular weight is 321 g/mol. The molecule has 1 aromatic carbocycles. The molecular formula is C15H17BrN2O. The van der Waals surface area contributed by atoms with Gasteiger partial charge in [0.2, 0.25) is 5.88 Å². The topological polar surface area (TPSA) is 34.1 Å². The Morgan fingerprint density at radius 2 is 2.05 bits per heavy atom. The molecule has 1 N–H and O–H groups in total. The number of aromatic nitrogens is 1. The van der Waals surface area contributed by atoms with Crippen molar-refractivity contribution in [1.82, 2.24) is 4.98 Å². The molecule has 4 heteroatoms. The minimum Gasteiger partial charge on any atom is -0.476 e. The van der Waals surface area contributed by atoms with Crippen molar-refractivity contribution in [3.63, 3.8) is 0 Å². The molecule has 0 saturated carbocycles. The molecule has 1 heterocycles. The lowest BCUT2D eigenvalue weighted by atomic mass is 10.1. The lowest BCUT2D eigenvalue weighted by Crippen LogP contribution is -2.09. The number of pyridine rings is 1. The molecule has 19 heavy (non-hydrogen) atoms. The van der Waals surface area contributed by atoms with Crippen LogP contribution in [-0.4, -0.2) is 11.6 Å². The summed E-state index contributed by atoms with van der Waals surface area (Å²) in [6.07, 6.45) is 1.74. The fourth-order valence-corrected chi connectivity index (χ4v) is 2.52. The van der Waals surface area contributed by atoms with Crippen LogP contribution in [-0.2, 0) is 0 Å². The van der Waals surface area contributed by atoms with E-state index >= 15 is 0 Å². The van der Waals surface area contributed by atoms with Crippen LogP contribution in [0.15, 0.2) is 47.1 Å². The molecule has 0 saturated heterocycles.